The summed E-state index contributed by atoms with van der Waals surface area (Å²) in [4.78, 5) is 14.3. The van der Waals surface area contributed by atoms with Crippen LogP contribution in [0, 0.1) is 0 Å². The second-order valence-corrected chi connectivity index (χ2v) is 2.41. The first-order valence-electron chi connectivity index (χ1n) is 3.36. The van der Waals surface area contributed by atoms with Crippen LogP contribution in [0.5, 0.6) is 0 Å². The maximum Gasteiger partial charge on any atom is 0.332 e. The number of hydrogen-bond donors (Lipinski definition) is 1. The van der Waals surface area contributed by atoms with E-state index in [2.05, 4.69) is 15.2 Å². The first-order chi connectivity index (χ1) is 5.77. The van der Waals surface area contributed by atoms with E-state index >= 15 is 0 Å². The van der Waals surface area contributed by atoms with Crippen LogP contribution in [0.1, 0.15) is 0 Å². The van der Waals surface area contributed by atoms with Crippen molar-refractivity contribution in [2.75, 3.05) is 0 Å². The van der Waals surface area contributed by atoms with Gasteiger partial charge >= 0.3 is 5.97 Å². The Morgan fingerprint density at radius 1 is 1.50 bits per heavy atom. The molecule has 60 valence electrons. The lowest BCUT2D eigenvalue weighted by molar-refractivity contribution is -0.137. The standard InChI is InChI=1S/C7H5N3O2/c11-7(12)5-1-4-2-9-10-6(4)3-8-5/h1-3,5H,(H,11,12)/t5-/m1/s1. The number of aliphatic carboxylic acids is 1. The van der Waals surface area contributed by atoms with Gasteiger partial charge in [-0.1, -0.05) is 0 Å². The van der Waals surface area contributed by atoms with Crippen LogP contribution in [-0.2, 0) is 4.79 Å². The zero-order chi connectivity index (χ0) is 8.55. The molecule has 1 atom stereocenters. The summed E-state index contributed by atoms with van der Waals surface area (Å²) in [6.07, 6.45) is 4.48. The maximum atomic E-state index is 10.5. The Morgan fingerprint density at radius 2 is 2.33 bits per heavy atom. The predicted molar refractivity (Wildman–Crippen MR) is 43.9 cm³/mol. The number of aliphatic imine (C=N–C) groups is 1. The molecule has 2 heterocycles. The Bertz CT molecular complexity index is 352. The molecule has 0 saturated heterocycles. The summed E-state index contributed by atoms with van der Waals surface area (Å²) in [5.41, 5.74) is 1.37. The minimum Gasteiger partial charge on any atom is -0.479 e. The summed E-state index contributed by atoms with van der Waals surface area (Å²) in [5.74, 6) is -0.960. The van der Waals surface area contributed by atoms with Gasteiger partial charge in [0.25, 0.3) is 0 Å². The molecule has 0 radical (unpaired) electrons. The maximum absolute atomic E-state index is 10.5. The number of allylic oxidation sites excluding steroid dienone is 1. The summed E-state index contributed by atoms with van der Waals surface area (Å²) in [6, 6.07) is -0.788. The molecule has 0 saturated carbocycles. The highest BCUT2D eigenvalue weighted by Gasteiger charge is 2.20. The van der Waals surface area contributed by atoms with Crippen molar-refractivity contribution in [2.24, 2.45) is 15.2 Å². The van der Waals surface area contributed by atoms with Gasteiger partial charge in [0.15, 0.2) is 6.04 Å². The van der Waals surface area contributed by atoms with Gasteiger partial charge in [-0.3, -0.25) is 4.99 Å². The second-order valence-electron chi connectivity index (χ2n) is 2.41. The van der Waals surface area contributed by atoms with E-state index in [-0.39, 0.29) is 0 Å². The van der Waals surface area contributed by atoms with Crippen molar-refractivity contribution in [1.29, 1.82) is 0 Å². The quantitative estimate of drug-likeness (QED) is 0.585. The van der Waals surface area contributed by atoms with Crippen LogP contribution in [0.2, 0.25) is 0 Å². The average Bonchev–Trinajstić information content (AvgIpc) is 2.49. The molecule has 5 nitrogen and oxygen atoms in total. The summed E-state index contributed by atoms with van der Waals surface area (Å²) in [6.45, 7) is 0. The summed E-state index contributed by atoms with van der Waals surface area (Å²) in [7, 11) is 0. The van der Waals surface area contributed by atoms with Gasteiger partial charge in [0.2, 0.25) is 0 Å². The van der Waals surface area contributed by atoms with Gasteiger partial charge in [-0.15, -0.1) is 5.10 Å². The van der Waals surface area contributed by atoms with Gasteiger partial charge in [-0.2, -0.15) is 5.10 Å². The summed E-state index contributed by atoms with van der Waals surface area (Å²) < 4.78 is 0. The van der Waals surface area contributed by atoms with E-state index < -0.39 is 12.0 Å². The van der Waals surface area contributed by atoms with Gasteiger partial charge in [0.1, 0.15) is 5.71 Å². The number of fused-ring (bicyclic) bond motifs is 1. The summed E-state index contributed by atoms with van der Waals surface area (Å²) >= 11 is 0. The van der Waals surface area contributed by atoms with Gasteiger partial charge in [-0.05, 0) is 6.08 Å². The lowest BCUT2D eigenvalue weighted by Crippen LogP contribution is -2.22. The molecule has 0 spiro atoms. The van der Waals surface area contributed by atoms with E-state index in [9.17, 15) is 4.79 Å². The minimum atomic E-state index is -0.960. The number of carbonyl (C=O) groups is 1. The number of nitrogens with zero attached hydrogens (tertiary/aromatic N) is 3. The molecule has 0 aromatic carbocycles. The third kappa shape index (κ3) is 0.952. The molecule has 2 aliphatic rings. The molecule has 2 rings (SSSR count). The van der Waals surface area contributed by atoms with Crippen molar-refractivity contribution in [2.45, 2.75) is 6.04 Å². The van der Waals surface area contributed by atoms with Crippen LogP contribution in [0.15, 0.2) is 26.8 Å². The molecular formula is C7H5N3O2. The number of hydrogen-bond acceptors (Lipinski definition) is 4. The number of rotatable bonds is 1. The number of carboxylic acid groups (broad SMARTS) is 1. The normalized spacial score (nSPS) is 24.8. The molecule has 0 fully saturated rings. The zero-order valence-electron chi connectivity index (χ0n) is 6.01. The van der Waals surface area contributed by atoms with Crippen LogP contribution in [0.4, 0.5) is 0 Å². The molecule has 0 unspecified atom stereocenters. The molecule has 1 N–H and O–H groups in total. The molecule has 0 aromatic rings. The Balaban J connectivity index is 2.33. The smallest absolute Gasteiger partial charge is 0.332 e. The molecule has 0 amide bonds. The van der Waals surface area contributed by atoms with E-state index in [1.165, 1.54) is 18.5 Å². The molecular weight excluding hydrogens is 158 g/mol. The van der Waals surface area contributed by atoms with Gasteiger partial charge in [0, 0.05) is 5.57 Å². The average molecular weight is 163 g/mol. The molecule has 0 bridgehead atoms. The number of dihydropyridines is 1. The molecule has 5 heteroatoms. The Labute approximate surface area is 67.8 Å². The van der Waals surface area contributed by atoms with E-state index in [1.807, 2.05) is 0 Å². The van der Waals surface area contributed by atoms with E-state index in [4.69, 9.17) is 5.11 Å². The van der Waals surface area contributed by atoms with E-state index in [0.717, 1.165) is 5.57 Å². The molecule has 12 heavy (non-hydrogen) atoms. The zero-order valence-corrected chi connectivity index (χ0v) is 6.01. The van der Waals surface area contributed by atoms with Crippen LogP contribution in [0.25, 0.3) is 0 Å². The fourth-order valence-corrected chi connectivity index (χ4v) is 1.00. The van der Waals surface area contributed by atoms with Crippen molar-refractivity contribution in [1.82, 2.24) is 0 Å². The van der Waals surface area contributed by atoms with Crippen LogP contribution >= 0.6 is 0 Å². The third-order valence-electron chi connectivity index (χ3n) is 1.61. The monoisotopic (exact) mass is 163 g/mol. The Kier molecular flexibility index (Phi) is 1.36. The van der Waals surface area contributed by atoms with Crippen molar-refractivity contribution in [3.05, 3.63) is 11.6 Å². The molecule has 2 aliphatic heterocycles. The van der Waals surface area contributed by atoms with Crippen molar-refractivity contribution >= 4 is 24.1 Å². The Hall–Kier alpha value is -1.78. The lowest BCUT2D eigenvalue weighted by atomic mass is 10.1. The Morgan fingerprint density at radius 3 is 3.08 bits per heavy atom. The van der Waals surface area contributed by atoms with Gasteiger partial charge in [0.05, 0.1) is 12.4 Å². The fraction of sp³-hybridized carbons (Fsp3) is 0.143. The molecule has 0 aromatic heterocycles. The lowest BCUT2D eigenvalue weighted by Gasteiger charge is -2.07. The van der Waals surface area contributed by atoms with Crippen molar-refractivity contribution in [3.63, 3.8) is 0 Å². The highest BCUT2D eigenvalue weighted by Crippen LogP contribution is 2.10. The third-order valence-corrected chi connectivity index (χ3v) is 1.61. The van der Waals surface area contributed by atoms with Gasteiger partial charge in [-0.25, -0.2) is 4.79 Å². The fourth-order valence-electron chi connectivity index (χ4n) is 1.00. The van der Waals surface area contributed by atoms with Crippen LogP contribution < -0.4 is 0 Å². The van der Waals surface area contributed by atoms with E-state index in [0.29, 0.717) is 5.71 Å². The van der Waals surface area contributed by atoms with Crippen LogP contribution in [0.3, 0.4) is 0 Å². The van der Waals surface area contributed by atoms with Crippen molar-refractivity contribution < 1.29 is 9.90 Å². The van der Waals surface area contributed by atoms with Crippen LogP contribution in [-0.4, -0.2) is 35.3 Å². The topological polar surface area (TPSA) is 74.4 Å². The minimum absolute atomic E-state index is 0.632. The largest absolute Gasteiger partial charge is 0.479 e. The molecule has 0 aliphatic carbocycles. The highest BCUT2D eigenvalue weighted by molar-refractivity contribution is 6.45. The first-order valence-corrected chi connectivity index (χ1v) is 3.36. The first kappa shape index (κ1) is 6.90. The summed E-state index contributed by atoms with van der Waals surface area (Å²) in [5, 5.41) is 16.0. The van der Waals surface area contributed by atoms with Crippen molar-refractivity contribution in [3.8, 4) is 0 Å². The van der Waals surface area contributed by atoms with E-state index in [1.54, 1.807) is 0 Å². The highest BCUT2D eigenvalue weighted by atomic mass is 16.4. The van der Waals surface area contributed by atoms with Gasteiger partial charge < -0.3 is 5.11 Å². The number of carboxylic acids is 1. The second kappa shape index (κ2) is 2.37. The SMILES string of the molecule is O=C(O)[C@H]1C=C2C=NN=C2C=N1. The predicted octanol–water partition coefficient (Wildman–Crippen LogP) is -0.109.